The van der Waals surface area contributed by atoms with E-state index in [1.54, 1.807) is 12.0 Å². The van der Waals surface area contributed by atoms with Gasteiger partial charge in [0.2, 0.25) is 5.91 Å². The second kappa shape index (κ2) is 6.89. The van der Waals surface area contributed by atoms with E-state index in [9.17, 15) is 9.90 Å². The minimum atomic E-state index is -0.736. The molecule has 2 aliphatic rings. The molecule has 126 valence electrons. The number of carbonyl (C=O) groups is 1. The standard InChI is InChI=1S/C18H26N2O3/c1-23-16-6-4-15(5-7-16)12-17(21)20-11-8-18(22,14-20)13-19-9-2-3-10-19/h4-7,22H,2-3,8-14H2,1H3/t18-/m0/s1. The van der Waals surface area contributed by atoms with Crippen LogP contribution < -0.4 is 4.74 Å². The van der Waals surface area contributed by atoms with Gasteiger partial charge in [-0.05, 0) is 50.0 Å². The quantitative estimate of drug-likeness (QED) is 0.889. The van der Waals surface area contributed by atoms with Crippen molar-refractivity contribution in [2.75, 3.05) is 39.8 Å². The summed E-state index contributed by atoms with van der Waals surface area (Å²) < 4.78 is 5.13. The molecule has 1 aromatic rings. The van der Waals surface area contributed by atoms with Crippen molar-refractivity contribution < 1.29 is 14.6 Å². The zero-order valence-corrected chi connectivity index (χ0v) is 13.8. The first-order valence-corrected chi connectivity index (χ1v) is 8.43. The molecule has 2 heterocycles. The molecule has 0 aliphatic carbocycles. The smallest absolute Gasteiger partial charge is 0.227 e. The zero-order valence-electron chi connectivity index (χ0n) is 13.8. The molecular formula is C18H26N2O3. The van der Waals surface area contributed by atoms with Crippen LogP contribution in [0.25, 0.3) is 0 Å². The summed E-state index contributed by atoms with van der Waals surface area (Å²) in [4.78, 5) is 16.6. The largest absolute Gasteiger partial charge is 0.497 e. The lowest BCUT2D eigenvalue weighted by atomic mass is 10.0. The summed E-state index contributed by atoms with van der Waals surface area (Å²) in [5.74, 6) is 0.884. The molecule has 1 aromatic carbocycles. The summed E-state index contributed by atoms with van der Waals surface area (Å²) in [5.41, 5.74) is 0.241. The van der Waals surface area contributed by atoms with Gasteiger partial charge in [-0.1, -0.05) is 12.1 Å². The maximum atomic E-state index is 12.5. The van der Waals surface area contributed by atoms with E-state index in [4.69, 9.17) is 4.74 Å². The van der Waals surface area contributed by atoms with Gasteiger partial charge >= 0.3 is 0 Å². The van der Waals surface area contributed by atoms with Crippen molar-refractivity contribution in [3.8, 4) is 5.75 Å². The van der Waals surface area contributed by atoms with Crippen molar-refractivity contribution in [1.29, 1.82) is 0 Å². The van der Waals surface area contributed by atoms with Crippen LogP contribution in [-0.2, 0) is 11.2 Å². The van der Waals surface area contributed by atoms with Gasteiger partial charge in [-0.2, -0.15) is 0 Å². The van der Waals surface area contributed by atoms with E-state index in [1.165, 1.54) is 12.8 Å². The first-order chi connectivity index (χ1) is 11.1. The van der Waals surface area contributed by atoms with Crippen LogP contribution in [-0.4, -0.2) is 66.2 Å². The molecule has 0 bridgehead atoms. The van der Waals surface area contributed by atoms with Crippen molar-refractivity contribution in [3.63, 3.8) is 0 Å². The highest BCUT2D eigenvalue weighted by molar-refractivity contribution is 5.79. The number of aliphatic hydroxyl groups is 1. The second-order valence-electron chi connectivity index (χ2n) is 6.80. The van der Waals surface area contributed by atoms with E-state index < -0.39 is 5.60 Å². The SMILES string of the molecule is COc1ccc(CC(=O)N2CC[C@](O)(CN3CCCC3)C2)cc1. The van der Waals surface area contributed by atoms with Crippen LogP contribution in [0.1, 0.15) is 24.8 Å². The van der Waals surface area contributed by atoms with Crippen molar-refractivity contribution in [1.82, 2.24) is 9.80 Å². The predicted octanol–water partition coefficient (Wildman–Crippen LogP) is 1.30. The van der Waals surface area contributed by atoms with Crippen molar-refractivity contribution in [2.24, 2.45) is 0 Å². The van der Waals surface area contributed by atoms with Crippen molar-refractivity contribution >= 4 is 5.91 Å². The topological polar surface area (TPSA) is 53.0 Å². The van der Waals surface area contributed by atoms with Gasteiger partial charge in [-0.15, -0.1) is 0 Å². The van der Waals surface area contributed by atoms with Gasteiger partial charge in [0.15, 0.2) is 0 Å². The summed E-state index contributed by atoms with van der Waals surface area (Å²) in [5, 5.41) is 10.8. The molecule has 5 heteroatoms. The van der Waals surface area contributed by atoms with Crippen LogP contribution in [0.2, 0.25) is 0 Å². The van der Waals surface area contributed by atoms with Gasteiger partial charge < -0.3 is 19.6 Å². The highest BCUT2D eigenvalue weighted by Gasteiger charge is 2.39. The van der Waals surface area contributed by atoms with Crippen LogP contribution in [0.15, 0.2) is 24.3 Å². The summed E-state index contributed by atoms with van der Waals surface area (Å²) in [6.45, 7) is 3.95. The Morgan fingerprint density at radius 2 is 1.91 bits per heavy atom. The summed E-state index contributed by atoms with van der Waals surface area (Å²) >= 11 is 0. The Morgan fingerprint density at radius 1 is 1.22 bits per heavy atom. The molecule has 23 heavy (non-hydrogen) atoms. The normalized spacial score (nSPS) is 25.0. The zero-order chi connectivity index (χ0) is 16.3. The number of methoxy groups -OCH3 is 1. The molecule has 3 rings (SSSR count). The molecule has 2 aliphatic heterocycles. The number of amides is 1. The molecule has 0 unspecified atom stereocenters. The summed E-state index contributed by atoms with van der Waals surface area (Å²) in [7, 11) is 1.63. The lowest BCUT2D eigenvalue weighted by molar-refractivity contribution is -0.130. The van der Waals surface area contributed by atoms with Gasteiger partial charge in [-0.3, -0.25) is 4.79 Å². The van der Waals surface area contributed by atoms with Crippen molar-refractivity contribution in [2.45, 2.75) is 31.3 Å². The van der Waals surface area contributed by atoms with Gasteiger partial charge in [0.1, 0.15) is 5.75 Å². The molecule has 5 nitrogen and oxygen atoms in total. The van der Waals surface area contributed by atoms with Crippen LogP contribution in [0.4, 0.5) is 0 Å². The average Bonchev–Trinajstić information content (AvgIpc) is 3.18. The van der Waals surface area contributed by atoms with Crippen LogP contribution in [0.5, 0.6) is 5.75 Å². The fraction of sp³-hybridized carbons (Fsp3) is 0.611. The number of benzene rings is 1. The number of nitrogens with zero attached hydrogens (tertiary/aromatic N) is 2. The summed E-state index contributed by atoms with van der Waals surface area (Å²) in [6.07, 6.45) is 3.49. The second-order valence-corrected chi connectivity index (χ2v) is 6.80. The van der Waals surface area contributed by atoms with Gasteiger partial charge in [-0.25, -0.2) is 0 Å². The average molecular weight is 318 g/mol. The molecule has 1 atom stereocenters. The number of carbonyl (C=O) groups excluding carboxylic acids is 1. The third-order valence-corrected chi connectivity index (χ3v) is 4.92. The Hall–Kier alpha value is -1.59. The molecule has 1 N–H and O–H groups in total. The Kier molecular flexibility index (Phi) is 4.87. The molecule has 0 radical (unpaired) electrons. The summed E-state index contributed by atoms with van der Waals surface area (Å²) in [6, 6.07) is 7.58. The van der Waals surface area contributed by atoms with Crippen LogP contribution in [0.3, 0.4) is 0 Å². The van der Waals surface area contributed by atoms with Gasteiger partial charge in [0.05, 0.1) is 25.7 Å². The van der Waals surface area contributed by atoms with E-state index in [1.807, 2.05) is 24.3 Å². The molecule has 2 saturated heterocycles. The lowest BCUT2D eigenvalue weighted by Crippen LogP contribution is -2.45. The molecule has 0 spiro atoms. The Balaban J connectivity index is 1.53. The molecule has 1 amide bonds. The first-order valence-electron chi connectivity index (χ1n) is 8.43. The molecular weight excluding hydrogens is 292 g/mol. The number of β-amino-alcohol motifs (C(OH)–C–C–N with tert-alkyl or cyclic N) is 1. The van der Waals surface area contributed by atoms with E-state index in [2.05, 4.69) is 4.90 Å². The third-order valence-electron chi connectivity index (χ3n) is 4.92. The number of ether oxygens (including phenoxy) is 1. The molecule has 2 fully saturated rings. The van der Waals surface area contributed by atoms with Crippen LogP contribution in [0, 0.1) is 0 Å². The van der Waals surface area contributed by atoms with E-state index in [-0.39, 0.29) is 5.91 Å². The van der Waals surface area contributed by atoms with Crippen molar-refractivity contribution in [3.05, 3.63) is 29.8 Å². The Morgan fingerprint density at radius 3 is 2.57 bits per heavy atom. The maximum absolute atomic E-state index is 12.5. The molecule has 0 saturated carbocycles. The van der Waals surface area contributed by atoms with E-state index in [0.29, 0.717) is 32.5 Å². The predicted molar refractivity (Wildman–Crippen MR) is 88.5 cm³/mol. The lowest BCUT2D eigenvalue weighted by Gasteiger charge is -2.28. The van der Waals surface area contributed by atoms with Crippen LogP contribution >= 0.6 is 0 Å². The third kappa shape index (κ3) is 4.03. The highest BCUT2D eigenvalue weighted by Crippen LogP contribution is 2.25. The Bertz CT molecular complexity index is 540. The fourth-order valence-electron chi connectivity index (χ4n) is 3.59. The monoisotopic (exact) mass is 318 g/mol. The number of hydrogen-bond donors (Lipinski definition) is 1. The maximum Gasteiger partial charge on any atom is 0.227 e. The minimum Gasteiger partial charge on any atom is -0.497 e. The van der Waals surface area contributed by atoms with Gasteiger partial charge in [0.25, 0.3) is 0 Å². The molecule has 0 aromatic heterocycles. The van der Waals surface area contributed by atoms with E-state index >= 15 is 0 Å². The van der Waals surface area contributed by atoms with E-state index in [0.717, 1.165) is 24.4 Å². The first kappa shape index (κ1) is 16.3. The Labute approximate surface area is 137 Å². The number of likely N-dealkylation sites (tertiary alicyclic amines) is 2. The highest BCUT2D eigenvalue weighted by atomic mass is 16.5. The minimum absolute atomic E-state index is 0.0903. The fourth-order valence-corrected chi connectivity index (χ4v) is 3.59. The van der Waals surface area contributed by atoms with Gasteiger partial charge in [0, 0.05) is 13.1 Å². The number of hydrogen-bond acceptors (Lipinski definition) is 4. The number of rotatable bonds is 5.